The van der Waals surface area contributed by atoms with Gasteiger partial charge < -0.3 is 20.4 Å². The molecule has 0 radical (unpaired) electrons. The average Bonchev–Trinajstić information content (AvgIpc) is 3.58. The fourth-order valence-corrected chi connectivity index (χ4v) is 4.84. The lowest BCUT2D eigenvalue weighted by Crippen LogP contribution is -2.27. The normalized spacial score (nSPS) is 21.0. The molecule has 3 N–H and O–H groups in total. The van der Waals surface area contributed by atoms with Gasteiger partial charge in [0.1, 0.15) is 11.3 Å². The molecule has 172 valence electrons. The highest BCUT2D eigenvalue weighted by atomic mass is 16.5. The van der Waals surface area contributed by atoms with E-state index >= 15 is 0 Å². The van der Waals surface area contributed by atoms with Crippen molar-refractivity contribution in [3.05, 3.63) is 94.2 Å². The van der Waals surface area contributed by atoms with E-state index in [-0.39, 0.29) is 23.3 Å². The molecule has 0 aliphatic carbocycles. The molecule has 1 aromatic carbocycles. The van der Waals surface area contributed by atoms with Gasteiger partial charge in [-0.3, -0.25) is 14.0 Å². The van der Waals surface area contributed by atoms with Crippen LogP contribution in [0.1, 0.15) is 28.2 Å². The SMILES string of the molecule is O=C(NCc1ccc2cc(CNCC3CC4C=CC3O4)[nH]c2c1)c1cc(=O)n2ccccc2n1. The van der Waals surface area contributed by atoms with Gasteiger partial charge in [-0.25, -0.2) is 4.98 Å². The molecule has 3 unspecified atom stereocenters. The first-order valence-corrected chi connectivity index (χ1v) is 11.5. The number of nitrogens with zero attached hydrogens (tertiary/aromatic N) is 2. The van der Waals surface area contributed by atoms with E-state index in [2.05, 4.69) is 38.8 Å². The summed E-state index contributed by atoms with van der Waals surface area (Å²) in [5, 5.41) is 7.53. The van der Waals surface area contributed by atoms with Crippen LogP contribution in [-0.4, -0.2) is 39.0 Å². The molecule has 3 atom stereocenters. The Balaban J connectivity index is 1.08. The Bertz CT molecular complexity index is 1470. The lowest BCUT2D eigenvalue weighted by Gasteiger charge is -2.15. The maximum atomic E-state index is 12.6. The number of carbonyl (C=O) groups is 1. The molecule has 0 spiro atoms. The molecule has 1 saturated heterocycles. The third-order valence-corrected chi connectivity index (χ3v) is 6.57. The second-order valence-corrected chi connectivity index (χ2v) is 8.96. The Labute approximate surface area is 195 Å². The number of pyridine rings is 1. The van der Waals surface area contributed by atoms with Crippen molar-refractivity contribution in [2.24, 2.45) is 5.92 Å². The summed E-state index contributed by atoms with van der Waals surface area (Å²) in [7, 11) is 0. The number of H-pyrrole nitrogens is 1. The van der Waals surface area contributed by atoms with E-state index in [9.17, 15) is 9.59 Å². The van der Waals surface area contributed by atoms with Crippen LogP contribution >= 0.6 is 0 Å². The van der Waals surface area contributed by atoms with Crippen LogP contribution in [-0.2, 0) is 17.8 Å². The first kappa shape index (κ1) is 20.8. The van der Waals surface area contributed by atoms with Crippen LogP contribution in [0.15, 0.2) is 71.7 Å². The van der Waals surface area contributed by atoms with Crippen LogP contribution in [0.2, 0.25) is 0 Å². The third-order valence-electron chi connectivity index (χ3n) is 6.57. The standard InChI is InChI=1S/C26H25N5O3/c32-25-12-22(30-24-3-1-2-8-31(24)25)26(33)28-13-16-4-5-17-10-19(29-21(17)9-16)15-27-14-18-11-20-6-7-23(18)34-20/h1-10,12,18,20,23,27,29H,11,13-15H2,(H,28,33). The van der Waals surface area contributed by atoms with Crippen molar-refractivity contribution < 1.29 is 9.53 Å². The highest BCUT2D eigenvalue weighted by Gasteiger charge is 2.36. The van der Waals surface area contributed by atoms with E-state index in [0.717, 1.165) is 41.7 Å². The van der Waals surface area contributed by atoms with Crippen LogP contribution < -0.4 is 16.2 Å². The molecule has 2 bridgehead atoms. The number of benzene rings is 1. The second kappa shape index (κ2) is 8.55. The zero-order valence-electron chi connectivity index (χ0n) is 18.5. The Morgan fingerprint density at radius 2 is 2.09 bits per heavy atom. The quantitative estimate of drug-likeness (QED) is 0.372. The summed E-state index contributed by atoms with van der Waals surface area (Å²) >= 11 is 0. The summed E-state index contributed by atoms with van der Waals surface area (Å²) < 4.78 is 7.24. The molecule has 1 amide bonds. The summed E-state index contributed by atoms with van der Waals surface area (Å²) in [6, 6.07) is 14.7. The number of amides is 1. The van der Waals surface area contributed by atoms with Crippen LogP contribution in [0.4, 0.5) is 0 Å². The van der Waals surface area contributed by atoms with Crippen molar-refractivity contribution in [2.75, 3.05) is 6.54 Å². The molecule has 6 rings (SSSR count). The second-order valence-electron chi connectivity index (χ2n) is 8.96. The van der Waals surface area contributed by atoms with Gasteiger partial charge in [0, 0.05) is 49.0 Å². The zero-order chi connectivity index (χ0) is 23.1. The largest absolute Gasteiger partial charge is 0.367 e. The van der Waals surface area contributed by atoms with Gasteiger partial charge in [0.2, 0.25) is 0 Å². The number of carbonyl (C=O) groups excluding carboxylic acids is 1. The molecule has 2 aliphatic heterocycles. The number of rotatable bonds is 7. The molecular weight excluding hydrogens is 430 g/mol. The minimum absolute atomic E-state index is 0.113. The van der Waals surface area contributed by atoms with Crippen LogP contribution in [0, 0.1) is 5.92 Å². The fourth-order valence-electron chi connectivity index (χ4n) is 4.84. The van der Waals surface area contributed by atoms with Gasteiger partial charge in [-0.1, -0.05) is 30.4 Å². The van der Waals surface area contributed by atoms with E-state index in [4.69, 9.17) is 4.74 Å². The predicted octanol–water partition coefficient (Wildman–Crippen LogP) is 2.54. The van der Waals surface area contributed by atoms with Gasteiger partial charge in [-0.15, -0.1) is 0 Å². The Hall–Kier alpha value is -3.75. The van der Waals surface area contributed by atoms with Gasteiger partial charge in [0.05, 0.1) is 12.2 Å². The number of hydrogen-bond acceptors (Lipinski definition) is 5. The van der Waals surface area contributed by atoms with Gasteiger partial charge in [0.25, 0.3) is 11.5 Å². The topological polar surface area (TPSA) is 101 Å². The van der Waals surface area contributed by atoms with Crippen molar-refractivity contribution in [2.45, 2.75) is 31.7 Å². The van der Waals surface area contributed by atoms with Gasteiger partial charge in [-0.05, 0) is 41.6 Å². The highest BCUT2D eigenvalue weighted by molar-refractivity contribution is 5.92. The fraction of sp³-hybridized carbons (Fsp3) is 0.269. The molecule has 8 nitrogen and oxygen atoms in total. The molecule has 5 heterocycles. The Kier molecular flexibility index (Phi) is 5.24. The van der Waals surface area contributed by atoms with E-state index in [1.165, 1.54) is 10.5 Å². The Morgan fingerprint density at radius 1 is 1.15 bits per heavy atom. The molecule has 8 heteroatoms. The molecule has 2 aliphatic rings. The molecule has 3 aromatic heterocycles. The lowest BCUT2D eigenvalue weighted by molar-refractivity contribution is 0.0946. The first-order chi connectivity index (χ1) is 16.6. The minimum Gasteiger partial charge on any atom is -0.367 e. The molecular formula is C26H25N5O3. The van der Waals surface area contributed by atoms with Gasteiger partial charge in [-0.2, -0.15) is 0 Å². The van der Waals surface area contributed by atoms with Crippen LogP contribution in [0.25, 0.3) is 16.6 Å². The van der Waals surface area contributed by atoms with Gasteiger partial charge >= 0.3 is 0 Å². The molecule has 1 fully saturated rings. The zero-order valence-corrected chi connectivity index (χ0v) is 18.5. The van der Waals surface area contributed by atoms with Crippen LogP contribution in [0.5, 0.6) is 0 Å². The summed E-state index contributed by atoms with van der Waals surface area (Å²) in [5.41, 5.74) is 3.38. The van der Waals surface area contributed by atoms with Crippen molar-refractivity contribution in [3.63, 3.8) is 0 Å². The number of aromatic nitrogens is 3. The van der Waals surface area contributed by atoms with Crippen LogP contribution in [0.3, 0.4) is 0 Å². The lowest BCUT2D eigenvalue weighted by atomic mass is 9.94. The summed E-state index contributed by atoms with van der Waals surface area (Å²) in [5.74, 6) is 0.169. The number of fused-ring (bicyclic) bond motifs is 4. The maximum absolute atomic E-state index is 12.6. The monoisotopic (exact) mass is 455 g/mol. The van der Waals surface area contributed by atoms with E-state index < -0.39 is 0 Å². The minimum atomic E-state index is -0.376. The third kappa shape index (κ3) is 4.02. The Morgan fingerprint density at radius 3 is 2.94 bits per heavy atom. The summed E-state index contributed by atoms with van der Waals surface area (Å²) in [4.78, 5) is 32.6. The van der Waals surface area contributed by atoms with E-state index in [1.807, 2.05) is 18.2 Å². The van der Waals surface area contributed by atoms with E-state index in [0.29, 0.717) is 24.2 Å². The predicted molar refractivity (Wildman–Crippen MR) is 129 cm³/mol. The maximum Gasteiger partial charge on any atom is 0.270 e. The average molecular weight is 456 g/mol. The molecule has 34 heavy (non-hydrogen) atoms. The van der Waals surface area contributed by atoms with Crippen molar-refractivity contribution in [1.29, 1.82) is 0 Å². The number of aromatic amines is 1. The number of hydrogen-bond donors (Lipinski definition) is 3. The highest BCUT2D eigenvalue weighted by Crippen LogP contribution is 2.33. The van der Waals surface area contributed by atoms with Crippen molar-refractivity contribution in [3.8, 4) is 0 Å². The number of nitrogens with one attached hydrogen (secondary N) is 3. The van der Waals surface area contributed by atoms with Gasteiger partial charge in [0.15, 0.2) is 0 Å². The van der Waals surface area contributed by atoms with Crippen molar-refractivity contribution in [1.82, 2.24) is 25.0 Å². The summed E-state index contributed by atoms with van der Waals surface area (Å²) in [6.45, 7) is 2.04. The smallest absolute Gasteiger partial charge is 0.270 e. The summed E-state index contributed by atoms with van der Waals surface area (Å²) in [6.07, 6.45) is 7.64. The number of ether oxygens (including phenoxy) is 1. The van der Waals surface area contributed by atoms with Crippen molar-refractivity contribution >= 4 is 22.5 Å². The molecule has 0 saturated carbocycles. The van der Waals surface area contributed by atoms with E-state index in [1.54, 1.807) is 24.4 Å². The molecule has 4 aromatic rings. The first-order valence-electron chi connectivity index (χ1n) is 11.5.